The van der Waals surface area contributed by atoms with Crippen LogP contribution in [0.15, 0.2) is 29.2 Å². The Balaban J connectivity index is 2.43. The van der Waals surface area contributed by atoms with Crippen molar-refractivity contribution in [1.82, 2.24) is 4.31 Å². The average molecular weight is 439 g/mol. The van der Waals surface area contributed by atoms with Crippen molar-refractivity contribution in [2.24, 2.45) is 0 Å². The van der Waals surface area contributed by atoms with Gasteiger partial charge >= 0.3 is 0 Å². The number of rotatable bonds is 6. The summed E-state index contributed by atoms with van der Waals surface area (Å²) in [6, 6.07) is 3.64. The van der Waals surface area contributed by atoms with E-state index in [2.05, 4.69) is 5.32 Å². The van der Waals surface area contributed by atoms with Crippen molar-refractivity contribution in [3.63, 3.8) is 0 Å². The third-order valence-electron chi connectivity index (χ3n) is 3.86. The van der Waals surface area contributed by atoms with Crippen LogP contribution in [0.5, 0.6) is 0 Å². The van der Waals surface area contributed by atoms with E-state index < -0.39 is 44.8 Å². The van der Waals surface area contributed by atoms with Crippen LogP contribution in [-0.4, -0.2) is 31.7 Å². The Morgan fingerprint density at radius 3 is 2.21 bits per heavy atom. The van der Waals surface area contributed by atoms with Crippen molar-refractivity contribution in [3.05, 3.63) is 58.1 Å². The van der Waals surface area contributed by atoms with Gasteiger partial charge in [0, 0.05) is 18.8 Å². The fourth-order valence-corrected chi connectivity index (χ4v) is 4.38. The minimum absolute atomic E-state index is 0.116. The predicted octanol–water partition coefficient (Wildman–Crippen LogP) is 4.18. The van der Waals surface area contributed by atoms with Crippen molar-refractivity contribution < 1.29 is 30.8 Å². The highest BCUT2D eigenvalue weighted by Crippen LogP contribution is 2.28. The highest BCUT2D eigenvalue weighted by molar-refractivity contribution is 7.89. The molecule has 2 aromatic rings. The third-order valence-corrected chi connectivity index (χ3v) is 6.39. The Morgan fingerprint density at radius 1 is 1.04 bits per heavy atom. The van der Waals surface area contributed by atoms with Crippen molar-refractivity contribution >= 4 is 33.2 Å². The van der Waals surface area contributed by atoms with Gasteiger partial charge in [-0.2, -0.15) is 4.31 Å². The highest BCUT2D eigenvalue weighted by atomic mass is 35.5. The van der Waals surface area contributed by atoms with E-state index in [9.17, 15) is 30.8 Å². The van der Waals surface area contributed by atoms with Crippen LogP contribution in [0.1, 0.15) is 24.2 Å². The second-order valence-corrected chi connectivity index (χ2v) is 7.85. The summed E-state index contributed by atoms with van der Waals surface area (Å²) in [4.78, 5) is 11.8. The van der Waals surface area contributed by atoms with Crippen LogP contribution in [0.2, 0.25) is 5.02 Å². The lowest BCUT2D eigenvalue weighted by atomic mass is 10.1. The van der Waals surface area contributed by atoms with Crippen LogP contribution in [0, 0.1) is 23.3 Å². The summed E-state index contributed by atoms with van der Waals surface area (Å²) in [5, 5.41) is 2.00. The van der Waals surface area contributed by atoms with E-state index in [1.807, 2.05) is 0 Å². The molecule has 0 atom stereocenters. The number of nitrogens with one attached hydrogen (secondary N) is 1. The maximum atomic E-state index is 13.8. The molecule has 2 rings (SSSR count). The summed E-state index contributed by atoms with van der Waals surface area (Å²) >= 11 is 5.96. The molecule has 0 bridgehead atoms. The number of anilines is 1. The molecule has 0 saturated heterocycles. The predicted molar refractivity (Wildman–Crippen MR) is 95.8 cm³/mol. The number of carbonyl (C=O) groups excluding carboxylic acids is 1. The van der Waals surface area contributed by atoms with Crippen LogP contribution in [0.3, 0.4) is 0 Å². The summed E-state index contributed by atoms with van der Waals surface area (Å²) in [7, 11) is -3.98. The van der Waals surface area contributed by atoms with Gasteiger partial charge in [-0.1, -0.05) is 25.4 Å². The molecule has 5 nitrogen and oxygen atoms in total. The summed E-state index contributed by atoms with van der Waals surface area (Å²) < 4.78 is 79.8. The molecule has 0 fully saturated rings. The lowest BCUT2D eigenvalue weighted by Gasteiger charge is -2.19. The molecule has 2 aromatic carbocycles. The molecule has 0 heterocycles. The first kappa shape index (κ1) is 22.1. The molecule has 11 heteroatoms. The Hall–Kier alpha value is -2.17. The van der Waals surface area contributed by atoms with Gasteiger partial charge in [0.15, 0.2) is 23.3 Å². The minimum Gasteiger partial charge on any atom is -0.322 e. The molecule has 0 aliphatic rings. The number of hydrogen-bond donors (Lipinski definition) is 1. The Kier molecular flexibility index (Phi) is 6.68. The quantitative estimate of drug-likeness (QED) is 0.418. The molecule has 0 unspecified atom stereocenters. The van der Waals surface area contributed by atoms with E-state index in [-0.39, 0.29) is 34.8 Å². The van der Waals surface area contributed by atoms with Crippen LogP contribution in [0.25, 0.3) is 0 Å². The molecule has 0 aliphatic heterocycles. The smallest absolute Gasteiger partial charge is 0.258 e. The molecule has 0 saturated carbocycles. The van der Waals surface area contributed by atoms with Crippen LogP contribution in [-0.2, 0) is 10.0 Å². The molecular weight excluding hydrogens is 424 g/mol. The van der Waals surface area contributed by atoms with Gasteiger partial charge in [-0.25, -0.2) is 26.0 Å². The topological polar surface area (TPSA) is 66.5 Å². The molecule has 152 valence electrons. The number of nitrogens with zero attached hydrogens (tertiary/aromatic N) is 1. The molecule has 1 amide bonds. The first-order valence-electron chi connectivity index (χ1n) is 7.98. The number of amides is 1. The van der Waals surface area contributed by atoms with Crippen molar-refractivity contribution in [3.8, 4) is 0 Å². The van der Waals surface area contributed by atoms with Crippen LogP contribution < -0.4 is 5.32 Å². The summed E-state index contributed by atoms with van der Waals surface area (Å²) in [6.45, 7) is 3.60. The summed E-state index contributed by atoms with van der Waals surface area (Å²) in [5.74, 6) is -9.10. The number of carbonyl (C=O) groups is 1. The normalized spacial score (nSPS) is 11.7. The second-order valence-electron chi connectivity index (χ2n) is 5.54. The van der Waals surface area contributed by atoms with Gasteiger partial charge in [0.2, 0.25) is 10.0 Å². The fraction of sp³-hybridized carbons (Fsp3) is 0.235. The number of halogens is 5. The van der Waals surface area contributed by atoms with Gasteiger partial charge in [0.1, 0.15) is 4.90 Å². The van der Waals surface area contributed by atoms with Crippen LogP contribution >= 0.6 is 11.6 Å². The molecule has 0 spiro atoms. The van der Waals surface area contributed by atoms with E-state index in [0.717, 1.165) is 10.4 Å². The zero-order valence-corrected chi connectivity index (χ0v) is 16.3. The molecule has 1 N–H and O–H groups in total. The lowest BCUT2D eigenvalue weighted by molar-refractivity contribution is 0.102. The van der Waals surface area contributed by atoms with Gasteiger partial charge in [-0.05, 0) is 24.3 Å². The Bertz CT molecular complexity index is 1030. The number of hydrogen-bond acceptors (Lipinski definition) is 3. The van der Waals surface area contributed by atoms with E-state index in [1.54, 1.807) is 13.8 Å². The molecule has 28 heavy (non-hydrogen) atoms. The van der Waals surface area contributed by atoms with Gasteiger partial charge in [0.25, 0.3) is 5.91 Å². The fourth-order valence-electron chi connectivity index (χ4n) is 2.42. The Morgan fingerprint density at radius 2 is 1.64 bits per heavy atom. The first-order valence-corrected chi connectivity index (χ1v) is 9.80. The summed E-state index contributed by atoms with van der Waals surface area (Å²) in [5.41, 5.74) is -1.20. The molecule has 0 radical (unpaired) electrons. The van der Waals surface area contributed by atoms with E-state index in [0.29, 0.717) is 0 Å². The monoisotopic (exact) mass is 438 g/mol. The molecule has 0 aromatic heterocycles. The van der Waals surface area contributed by atoms with E-state index in [4.69, 9.17) is 11.6 Å². The van der Waals surface area contributed by atoms with E-state index >= 15 is 0 Å². The number of sulfonamides is 1. The van der Waals surface area contributed by atoms with Crippen molar-refractivity contribution in [2.75, 3.05) is 18.4 Å². The zero-order chi connectivity index (χ0) is 21.2. The van der Waals surface area contributed by atoms with Crippen molar-refractivity contribution in [1.29, 1.82) is 0 Å². The summed E-state index contributed by atoms with van der Waals surface area (Å²) in [6.07, 6.45) is 0. The molecule has 0 aliphatic carbocycles. The van der Waals surface area contributed by atoms with Gasteiger partial charge in [0.05, 0.1) is 10.6 Å². The Labute approximate surface area is 164 Å². The lowest BCUT2D eigenvalue weighted by Crippen LogP contribution is -2.30. The second kappa shape index (κ2) is 8.46. The standard InChI is InChI=1S/C17H15ClF4N2O3S/c1-3-24(4-2)28(26,27)13-7-9(5-6-11(13)18)23-17(25)10-8-12(19)15(21)16(22)14(10)20/h5-8H,3-4H2,1-2H3,(H,23,25). The number of benzene rings is 2. The largest absolute Gasteiger partial charge is 0.322 e. The third kappa shape index (κ3) is 4.13. The van der Waals surface area contributed by atoms with Crippen LogP contribution in [0.4, 0.5) is 23.2 Å². The maximum Gasteiger partial charge on any atom is 0.258 e. The average Bonchev–Trinajstić information content (AvgIpc) is 2.65. The SMILES string of the molecule is CCN(CC)S(=O)(=O)c1cc(NC(=O)c2cc(F)c(F)c(F)c2F)ccc1Cl. The zero-order valence-electron chi connectivity index (χ0n) is 14.7. The maximum absolute atomic E-state index is 13.8. The van der Waals surface area contributed by atoms with Gasteiger partial charge in [-0.3, -0.25) is 4.79 Å². The van der Waals surface area contributed by atoms with Gasteiger partial charge < -0.3 is 5.32 Å². The minimum atomic E-state index is -3.98. The molecular formula is C17H15ClF4N2O3S. The first-order chi connectivity index (χ1) is 13.0. The van der Waals surface area contributed by atoms with Crippen molar-refractivity contribution in [2.45, 2.75) is 18.7 Å². The van der Waals surface area contributed by atoms with E-state index in [1.165, 1.54) is 12.1 Å². The van der Waals surface area contributed by atoms with Gasteiger partial charge in [-0.15, -0.1) is 0 Å². The highest BCUT2D eigenvalue weighted by Gasteiger charge is 2.26.